The lowest BCUT2D eigenvalue weighted by Gasteiger charge is -2.29. The number of piperidine rings is 1. The van der Waals surface area contributed by atoms with Crippen LogP contribution in [0.4, 0.5) is 8.78 Å². The van der Waals surface area contributed by atoms with Crippen molar-refractivity contribution in [1.82, 2.24) is 19.5 Å². The summed E-state index contributed by atoms with van der Waals surface area (Å²) < 4.78 is 54.0. The first-order valence-electron chi connectivity index (χ1n) is 9.12. The summed E-state index contributed by atoms with van der Waals surface area (Å²) in [6.07, 6.45) is 0.203. The number of aliphatic hydroxyl groups excluding tert-OH is 1. The Morgan fingerprint density at radius 1 is 1.00 bits per heavy atom. The Labute approximate surface area is 176 Å². The maximum atomic E-state index is 13.5. The number of nitrogens with zero attached hydrogens (tertiary/aromatic N) is 3. The molecule has 0 amide bonds. The molecule has 0 atom stereocenters. The first-order valence-corrected chi connectivity index (χ1v) is 10.9. The Morgan fingerprint density at radius 3 is 2.23 bits per heavy atom. The number of aromatic amines is 1. The van der Waals surface area contributed by atoms with Crippen LogP contribution in [0.1, 0.15) is 12.8 Å². The molecule has 7 nitrogen and oxygen atoms in total. The molecule has 0 spiro atoms. The molecule has 1 aromatic heterocycles. The maximum absolute atomic E-state index is 13.5. The Hall–Kier alpha value is -2.40. The summed E-state index contributed by atoms with van der Waals surface area (Å²) in [4.78, 5) is 2.80. The quantitative estimate of drug-likeness (QED) is 0.630. The number of benzene rings is 2. The molecule has 1 aliphatic heterocycles. The summed E-state index contributed by atoms with van der Waals surface area (Å²) in [5.41, 5.74) is 0.706. The third-order valence-electron chi connectivity index (χ3n) is 4.93. The van der Waals surface area contributed by atoms with Crippen LogP contribution in [0.2, 0.25) is 5.02 Å². The standard InChI is InChI=1S/C19H17ClF2N4O3S/c20-14-3-1-12(10-17(14)30(28,29)26-7-5-13(27)6-8-26)19-23-18(24-25-19)11-2-4-15(21)16(22)9-11/h1-4,9-10,13,27H,5-8H2,(H,23,24,25). The van der Waals surface area contributed by atoms with E-state index in [0.29, 0.717) is 24.0 Å². The van der Waals surface area contributed by atoms with E-state index in [4.69, 9.17) is 11.6 Å². The number of aromatic nitrogens is 3. The van der Waals surface area contributed by atoms with E-state index in [9.17, 15) is 22.3 Å². The smallest absolute Gasteiger partial charge is 0.244 e. The van der Waals surface area contributed by atoms with Gasteiger partial charge in [-0.2, -0.15) is 4.31 Å². The van der Waals surface area contributed by atoms with E-state index in [1.807, 2.05) is 0 Å². The largest absolute Gasteiger partial charge is 0.393 e. The predicted molar refractivity (Wildman–Crippen MR) is 106 cm³/mol. The number of hydrogen-bond donors (Lipinski definition) is 2. The van der Waals surface area contributed by atoms with E-state index >= 15 is 0 Å². The maximum Gasteiger partial charge on any atom is 0.244 e. The van der Waals surface area contributed by atoms with E-state index < -0.39 is 27.8 Å². The van der Waals surface area contributed by atoms with E-state index in [1.54, 1.807) is 6.07 Å². The summed E-state index contributed by atoms with van der Waals surface area (Å²) in [7, 11) is -3.87. The summed E-state index contributed by atoms with van der Waals surface area (Å²) in [6.45, 7) is 0.402. The van der Waals surface area contributed by atoms with Gasteiger partial charge in [0.25, 0.3) is 0 Å². The summed E-state index contributed by atoms with van der Waals surface area (Å²) in [5.74, 6) is -1.54. The average Bonchev–Trinajstić information content (AvgIpc) is 3.21. The fourth-order valence-electron chi connectivity index (χ4n) is 3.24. The third kappa shape index (κ3) is 3.95. The Balaban J connectivity index is 1.67. The molecular weight excluding hydrogens is 438 g/mol. The van der Waals surface area contributed by atoms with Gasteiger partial charge >= 0.3 is 0 Å². The second kappa shape index (κ2) is 8.03. The second-order valence-corrected chi connectivity index (χ2v) is 9.25. The SMILES string of the molecule is O=S(=O)(c1cc(-c2nnc(-c3ccc(F)c(F)c3)[nH]2)ccc1Cl)N1CCC(O)CC1. The van der Waals surface area contributed by atoms with Crippen LogP contribution in [0, 0.1) is 11.6 Å². The number of halogens is 3. The van der Waals surface area contributed by atoms with Crippen molar-refractivity contribution in [3.63, 3.8) is 0 Å². The van der Waals surface area contributed by atoms with Gasteiger partial charge in [-0.15, -0.1) is 10.2 Å². The first-order chi connectivity index (χ1) is 14.3. The average molecular weight is 455 g/mol. The van der Waals surface area contributed by atoms with Gasteiger partial charge in [0.05, 0.1) is 11.1 Å². The highest BCUT2D eigenvalue weighted by Gasteiger charge is 2.30. The van der Waals surface area contributed by atoms with Crippen LogP contribution in [0.3, 0.4) is 0 Å². The molecule has 0 bridgehead atoms. The Bertz CT molecular complexity index is 1190. The topological polar surface area (TPSA) is 99.2 Å². The number of aliphatic hydroxyl groups is 1. The molecule has 2 N–H and O–H groups in total. The first kappa shape index (κ1) is 20.9. The van der Waals surface area contributed by atoms with Gasteiger partial charge in [0.2, 0.25) is 10.0 Å². The molecule has 1 saturated heterocycles. The van der Waals surface area contributed by atoms with Crippen molar-refractivity contribution in [2.45, 2.75) is 23.8 Å². The zero-order chi connectivity index (χ0) is 21.5. The van der Waals surface area contributed by atoms with E-state index in [1.165, 1.54) is 22.5 Å². The van der Waals surface area contributed by atoms with Gasteiger partial charge in [-0.05, 0) is 49.2 Å². The number of hydrogen-bond acceptors (Lipinski definition) is 5. The molecule has 11 heteroatoms. The lowest BCUT2D eigenvalue weighted by molar-refractivity contribution is 0.113. The minimum atomic E-state index is -3.87. The molecule has 30 heavy (non-hydrogen) atoms. The van der Waals surface area contributed by atoms with Crippen molar-refractivity contribution in [3.05, 3.63) is 53.1 Å². The highest BCUT2D eigenvalue weighted by Crippen LogP contribution is 2.31. The molecule has 158 valence electrons. The van der Waals surface area contributed by atoms with Crippen LogP contribution in [0.15, 0.2) is 41.3 Å². The van der Waals surface area contributed by atoms with E-state index in [2.05, 4.69) is 15.2 Å². The molecule has 3 aromatic rings. The number of H-pyrrole nitrogens is 1. The van der Waals surface area contributed by atoms with Crippen LogP contribution in [-0.4, -0.2) is 52.2 Å². The molecule has 0 radical (unpaired) electrons. The molecule has 0 aliphatic carbocycles. The fraction of sp³-hybridized carbons (Fsp3) is 0.263. The monoisotopic (exact) mass is 454 g/mol. The van der Waals surface area contributed by atoms with Crippen molar-refractivity contribution >= 4 is 21.6 Å². The zero-order valence-electron chi connectivity index (χ0n) is 15.5. The van der Waals surface area contributed by atoms with Crippen LogP contribution in [0.5, 0.6) is 0 Å². The van der Waals surface area contributed by atoms with Gasteiger partial charge in [-0.3, -0.25) is 0 Å². The van der Waals surface area contributed by atoms with Gasteiger partial charge in [0, 0.05) is 24.2 Å². The van der Waals surface area contributed by atoms with E-state index in [-0.39, 0.29) is 34.7 Å². The van der Waals surface area contributed by atoms with Crippen LogP contribution in [0.25, 0.3) is 22.8 Å². The van der Waals surface area contributed by atoms with Gasteiger partial charge in [0.15, 0.2) is 23.3 Å². The molecule has 2 heterocycles. The lowest BCUT2D eigenvalue weighted by atomic mass is 10.1. The fourth-order valence-corrected chi connectivity index (χ4v) is 5.21. The highest BCUT2D eigenvalue weighted by molar-refractivity contribution is 7.89. The van der Waals surface area contributed by atoms with Crippen molar-refractivity contribution in [2.75, 3.05) is 13.1 Å². The molecule has 0 saturated carbocycles. The normalized spacial score (nSPS) is 16.1. The molecule has 1 fully saturated rings. The van der Waals surface area contributed by atoms with E-state index in [0.717, 1.165) is 12.1 Å². The van der Waals surface area contributed by atoms with Gasteiger partial charge in [-0.1, -0.05) is 11.6 Å². The zero-order valence-corrected chi connectivity index (χ0v) is 17.1. The number of nitrogens with one attached hydrogen (secondary N) is 1. The number of sulfonamides is 1. The van der Waals surface area contributed by atoms with Crippen molar-refractivity contribution < 1.29 is 22.3 Å². The van der Waals surface area contributed by atoms with Crippen LogP contribution >= 0.6 is 11.6 Å². The molecule has 0 unspecified atom stereocenters. The van der Waals surface area contributed by atoms with Crippen LogP contribution < -0.4 is 0 Å². The van der Waals surface area contributed by atoms with Crippen LogP contribution in [-0.2, 0) is 10.0 Å². The van der Waals surface area contributed by atoms with Gasteiger partial charge < -0.3 is 10.1 Å². The predicted octanol–water partition coefficient (Wildman–Crippen LogP) is 3.22. The Morgan fingerprint density at radius 2 is 1.60 bits per heavy atom. The van der Waals surface area contributed by atoms with Crippen molar-refractivity contribution in [1.29, 1.82) is 0 Å². The minimum Gasteiger partial charge on any atom is -0.393 e. The highest BCUT2D eigenvalue weighted by atomic mass is 35.5. The number of rotatable bonds is 4. The summed E-state index contributed by atoms with van der Waals surface area (Å²) in [6, 6.07) is 7.74. The lowest BCUT2D eigenvalue weighted by Crippen LogP contribution is -2.40. The summed E-state index contributed by atoms with van der Waals surface area (Å²) >= 11 is 6.17. The molecular formula is C19H17ClF2N4O3S. The third-order valence-corrected chi connectivity index (χ3v) is 7.31. The van der Waals surface area contributed by atoms with Crippen molar-refractivity contribution in [3.8, 4) is 22.8 Å². The molecule has 1 aliphatic rings. The summed E-state index contributed by atoms with van der Waals surface area (Å²) in [5, 5.41) is 17.6. The van der Waals surface area contributed by atoms with Gasteiger partial charge in [-0.25, -0.2) is 17.2 Å². The minimum absolute atomic E-state index is 0.0604. The molecule has 4 rings (SSSR count). The second-order valence-electron chi connectivity index (χ2n) is 6.93. The van der Waals surface area contributed by atoms with Crippen molar-refractivity contribution in [2.24, 2.45) is 0 Å². The Kier molecular flexibility index (Phi) is 5.58. The van der Waals surface area contributed by atoms with Gasteiger partial charge in [0.1, 0.15) is 4.90 Å². The molecule has 2 aromatic carbocycles.